The maximum absolute atomic E-state index is 13.4. The van der Waals surface area contributed by atoms with Gasteiger partial charge in [-0.05, 0) is 50.6 Å². The molecule has 1 aromatic carbocycles. The molecule has 0 aromatic heterocycles. The van der Waals surface area contributed by atoms with Crippen molar-refractivity contribution in [3.8, 4) is 0 Å². The lowest BCUT2D eigenvalue weighted by molar-refractivity contribution is 0.0526. The summed E-state index contributed by atoms with van der Waals surface area (Å²) in [5.74, 6) is -0.174. The minimum atomic E-state index is -0.174. The van der Waals surface area contributed by atoms with Gasteiger partial charge in [-0.2, -0.15) is 0 Å². The number of anilines is 1. The number of nitrogens with one attached hydrogen (secondary N) is 1. The molecule has 0 saturated carbocycles. The molecule has 0 spiro atoms. The zero-order chi connectivity index (χ0) is 13.7. The molecule has 0 bridgehead atoms. The highest BCUT2D eigenvalue weighted by Gasteiger charge is 2.21. The molecule has 1 fully saturated rings. The zero-order valence-electron chi connectivity index (χ0n) is 11.8. The van der Waals surface area contributed by atoms with Crippen LogP contribution in [0.25, 0.3) is 0 Å². The first-order valence-corrected chi connectivity index (χ1v) is 7.04. The van der Waals surface area contributed by atoms with Gasteiger partial charge in [0.2, 0.25) is 0 Å². The smallest absolute Gasteiger partial charge is 0.123 e. The first-order chi connectivity index (χ1) is 9.24. The third-order valence-corrected chi connectivity index (χ3v) is 3.53. The van der Waals surface area contributed by atoms with E-state index in [1.165, 1.54) is 0 Å². The van der Waals surface area contributed by atoms with Crippen molar-refractivity contribution in [1.82, 2.24) is 5.32 Å². The Morgan fingerprint density at radius 1 is 1.47 bits per heavy atom. The third-order valence-electron chi connectivity index (χ3n) is 3.53. The Labute approximate surface area is 114 Å². The summed E-state index contributed by atoms with van der Waals surface area (Å²) < 4.78 is 19.1. The fourth-order valence-electron chi connectivity index (χ4n) is 2.72. The summed E-state index contributed by atoms with van der Waals surface area (Å²) in [7, 11) is 1.88. The number of hydrogen-bond donors (Lipinski definition) is 1. The van der Waals surface area contributed by atoms with Crippen LogP contribution in [0.2, 0.25) is 0 Å². The first kappa shape index (κ1) is 14.3. The maximum Gasteiger partial charge on any atom is 0.123 e. The van der Waals surface area contributed by atoms with Crippen LogP contribution < -0.4 is 10.2 Å². The Balaban J connectivity index is 2.15. The van der Waals surface area contributed by atoms with Crippen LogP contribution in [-0.2, 0) is 11.3 Å². The first-order valence-electron chi connectivity index (χ1n) is 7.04. The van der Waals surface area contributed by atoms with E-state index >= 15 is 0 Å². The molecule has 0 radical (unpaired) electrons. The van der Waals surface area contributed by atoms with E-state index in [1.807, 2.05) is 20.0 Å². The molecule has 19 heavy (non-hydrogen) atoms. The van der Waals surface area contributed by atoms with Crippen molar-refractivity contribution < 1.29 is 9.13 Å². The third kappa shape index (κ3) is 3.67. The Morgan fingerprint density at radius 3 is 3.05 bits per heavy atom. The van der Waals surface area contributed by atoms with Gasteiger partial charge in [0.1, 0.15) is 5.82 Å². The van der Waals surface area contributed by atoms with Crippen LogP contribution in [0, 0.1) is 5.82 Å². The molecule has 3 nitrogen and oxygen atoms in total. The van der Waals surface area contributed by atoms with Gasteiger partial charge in [0, 0.05) is 31.9 Å². The molecule has 1 atom stereocenters. The van der Waals surface area contributed by atoms with Crippen molar-refractivity contribution in [3.05, 3.63) is 29.6 Å². The molecule has 1 N–H and O–H groups in total. The molecule has 1 aliphatic rings. The van der Waals surface area contributed by atoms with E-state index in [1.54, 1.807) is 12.1 Å². The van der Waals surface area contributed by atoms with Crippen molar-refractivity contribution in [2.24, 2.45) is 0 Å². The highest BCUT2D eigenvalue weighted by atomic mass is 19.1. The summed E-state index contributed by atoms with van der Waals surface area (Å²) in [5, 5.41) is 3.10. The second kappa shape index (κ2) is 6.87. The van der Waals surface area contributed by atoms with Gasteiger partial charge in [0.05, 0.1) is 6.10 Å². The van der Waals surface area contributed by atoms with Crippen LogP contribution in [0.1, 0.15) is 25.3 Å². The van der Waals surface area contributed by atoms with Gasteiger partial charge in [-0.3, -0.25) is 0 Å². The average molecular weight is 266 g/mol. The molecule has 4 heteroatoms. The van der Waals surface area contributed by atoms with Gasteiger partial charge in [-0.1, -0.05) is 0 Å². The molecule has 0 amide bonds. The van der Waals surface area contributed by atoms with E-state index in [4.69, 9.17) is 4.74 Å². The zero-order valence-corrected chi connectivity index (χ0v) is 11.8. The summed E-state index contributed by atoms with van der Waals surface area (Å²) in [6, 6.07) is 5.05. The van der Waals surface area contributed by atoms with Gasteiger partial charge in [0.15, 0.2) is 0 Å². The monoisotopic (exact) mass is 266 g/mol. The van der Waals surface area contributed by atoms with Crippen molar-refractivity contribution in [3.63, 3.8) is 0 Å². The summed E-state index contributed by atoms with van der Waals surface area (Å²) in [6.45, 7) is 5.39. The number of halogens is 1. The van der Waals surface area contributed by atoms with Crippen LogP contribution in [0.4, 0.5) is 10.1 Å². The predicted octanol–water partition coefficient (Wildman–Crippen LogP) is 2.55. The highest BCUT2D eigenvalue weighted by molar-refractivity contribution is 5.54. The molecule has 1 unspecified atom stereocenters. The molecular formula is C15H23FN2O. The van der Waals surface area contributed by atoms with E-state index in [0.29, 0.717) is 12.6 Å². The van der Waals surface area contributed by atoms with Gasteiger partial charge in [-0.15, -0.1) is 0 Å². The minimum absolute atomic E-state index is 0.174. The summed E-state index contributed by atoms with van der Waals surface area (Å²) >= 11 is 0. The van der Waals surface area contributed by atoms with Gasteiger partial charge >= 0.3 is 0 Å². The fourth-order valence-corrected chi connectivity index (χ4v) is 2.72. The number of benzene rings is 1. The summed E-state index contributed by atoms with van der Waals surface area (Å²) in [4.78, 5) is 2.32. The van der Waals surface area contributed by atoms with Crippen molar-refractivity contribution >= 4 is 5.69 Å². The van der Waals surface area contributed by atoms with Gasteiger partial charge < -0.3 is 15.0 Å². The molecule has 1 aromatic rings. The standard InChI is InChI=1S/C15H23FN2O/c1-3-19-14-5-4-8-18(11-14)15-7-6-13(16)9-12(15)10-17-2/h6-7,9,14,17H,3-5,8,10-11H2,1-2H3. The fraction of sp³-hybridized carbons (Fsp3) is 0.600. The van der Waals surface area contributed by atoms with E-state index in [2.05, 4.69) is 10.2 Å². The lowest BCUT2D eigenvalue weighted by Gasteiger charge is -2.35. The minimum Gasteiger partial charge on any atom is -0.377 e. The van der Waals surface area contributed by atoms with Gasteiger partial charge in [0.25, 0.3) is 0 Å². The lowest BCUT2D eigenvalue weighted by Crippen LogP contribution is -2.40. The van der Waals surface area contributed by atoms with Crippen LogP contribution in [0.15, 0.2) is 18.2 Å². The van der Waals surface area contributed by atoms with Gasteiger partial charge in [-0.25, -0.2) is 4.39 Å². The Bertz CT molecular complexity index is 409. The van der Waals surface area contributed by atoms with E-state index in [0.717, 1.165) is 43.8 Å². The van der Waals surface area contributed by atoms with Crippen molar-refractivity contribution in [2.75, 3.05) is 31.6 Å². The number of piperidine rings is 1. The number of nitrogens with zero attached hydrogens (tertiary/aromatic N) is 1. The lowest BCUT2D eigenvalue weighted by atomic mass is 10.0. The maximum atomic E-state index is 13.4. The largest absolute Gasteiger partial charge is 0.377 e. The number of rotatable bonds is 5. The molecular weight excluding hydrogens is 243 g/mol. The topological polar surface area (TPSA) is 24.5 Å². The van der Waals surface area contributed by atoms with Crippen LogP contribution in [0.5, 0.6) is 0 Å². The Hall–Kier alpha value is -1.13. The Morgan fingerprint density at radius 2 is 2.32 bits per heavy atom. The van der Waals surface area contributed by atoms with E-state index in [-0.39, 0.29) is 5.82 Å². The molecule has 1 heterocycles. The van der Waals surface area contributed by atoms with Crippen LogP contribution in [-0.4, -0.2) is 32.8 Å². The molecule has 1 saturated heterocycles. The Kier molecular flexibility index (Phi) is 5.16. The quantitative estimate of drug-likeness (QED) is 0.886. The SMILES string of the molecule is CCOC1CCCN(c2ccc(F)cc2CNC)C1. The predicted molar refractivity (Wildman–Crippen MR) is 76.0 cm³/mol. The highest BCUT2D eigenvalue weighted by Crippen LogP contribution is 2.26. The molecule has 0 aliphatic carbocycles. The van der Waals surface area contributed by atoms with E-state index in [9.17, 15) is 4.39 Å². The second-order valence-electron chi connectivity index (χ2n) is 4.97. The molecule has 1 aliphatic heterocycles. The second-order valence-corrected chi connectivity index (χ2v) is 4.97. The average Bonchev–Trinajstić information content (AvgIpc) is 2.40. The van der Waals surface area contributed by atoms with Crippen LogP contribution >= 0.6 is 0 Å². The van der Waals surface area contributed by atoms with E-state index < -0.39 is 0 Å². The van der Waals surface area contributed by atoms with Crippen LogP contribution in [0.3, 0.4) is 0 Å². The summed E-state index contributed by atoms with van der Waals surface area (Å²) in [5.41, 5.74) is 2.14. The van der Waals surface area contributed by atoms with Crippen molar-refractivity contribution in [2.45, 2.75) is 32.4 Å². The number of ether oxygens (including phenoxy) is 1. The van der Waals surface area contributed by atoms with Crippen molar-refractivity contribution in [1.29, 1.82) is 0 Å². The normalized spacial score (nSPS) is 19.7. The number of hydrogen-bond acceptors (Lipinski definition) is 3. The molecule has 106 valence electrons. The summed E-state index contributed by atoms with van der Waals surface area (Å²) in [6.07, 6.45) is 2.54. The molecule has 2 rings (SSSR count).